The molecule has 128 valence electrons. The zero-order valence-electron chi connectivity index (χ0n) is 14.2. The summed E-state index contributed by atoms with van der Waals surface area (Å²) in [7, 11) is 0. The molecule has 24 heavy (non-hydrogen) atoms. The van der Waals surface area contributed by atoms with Gasteiger partial charge in [-0.25, -0.2) is 0 Å². The second-order valence-corrected chi connectivity index (χ2v) is 6.78. The third kappa shape index (κ3) is 4.04. The van der Waals surface area contributed by atoms with Crippen molar-refractivity contribution in [3.63, 3.8) is 0 Å². The van der Waals surface area contributed by atoms with Gasteiger partial charge in [0.1, 0.15) is 0 Å². The van der Waals surface area contributed by atoms with Crippen LogP contribution in [0.5, 0.6) is 0 Å². The van der Waals surface area contributed by atoms with Gasteiger partial charge >= 0.3 is 0 Å². The lowest BCUT2D eigenvalue weighted by atomic mass is 9.81. The van der Waals surface area contributed by atoms with E-state index in [0.29, 0.717) is 0 Å². The number of benzene rings is 2. The number of rotatable bonds is 6. The average molecular weight is 325 g/mol. The molecule has 3 heteroatoms. The first-order valence-corrected chi connectivity index (χ1v) is 8.89. The number of aryl methyl sites for hydroxylation is 1. The molecule has 0 unspecified atom stereocenters. The van der Waals surface area contributed by atoms with E-state index in [1.165, 1.54) is 11.1 Å². The second-order valence-electron chi connectivity index (χ2n) is 6.78. The lowest BCUT2D eigenvalue weighted by Crippen LogP contribution is -2.42. The summed E-state index contributed by atoms with van der Waals surface area (Å²) >= 11 is 0. The van der Waals surface area contributed by atoms with Crippen LogP contribution in [0, 0.1) is 0 Å². The number of piperidine rings is 1. The minimum Gasteiger partial charge on any atom is -0.396 e. The van der Waals surface area contributed by atoms with Crippen molar-refractivity contribution < 1.29 is 10.2 Å². The highest BCUT2D eigenvalue weighted by Crippen LogP contribution is 2.35. The summed E-state index contributed by atoms with van der Waals surface area (Å²) in [5.41, 5.74) is 2.81. The molecule has 0 spiro atoms. The fourth-order valence-corrected chi connectivity index (χ4v) is 3.65. The molecule has 2 N–H and O–H groups in total. The number of hydrogen-bond donors (Lipinski definition) is 2. The molecule has 0 radical (unpaired) electrons. The molecule has 1 aliphatic rings. The molecular weight excluding hydrogens is 298 g/mol. The van der Waals surface area contributed by atoms with E-state index in [1.54, 1.807) is 0 Å². The highest BCUT2D eigenvalue weighted by atomic mass is 16.3. The predicted octanol–water partition coefficient (Wildman–Crippen LogP) is 3.10. The van der Waals surface area contributed by atoms with Gasteiger partial charge in [-0.15, -0.1) is 0 Å². The summed E-state index contributed by atoms with van der Waals surface area (Å²) in [4.78, 5) is 2.42. The van der Waals surface area contributed by atoms with E-state index in [9.17, 15) is 5.11 Å². The molecule has 1 aliphatic heterocycles. The summed E-state index contributed by atoms with van der Waals surface area (Å²) in [5.74, 6) is 0. The molecule has 2 aromatic rings. The summed E-state index contributed by atoms with van der Waals surface area (Å²) in [5, 5.41) is 20.3. The molecule has 3 rings (SSSR count). The molecule has 0 aromatic heterocycles. The van der Waals surface area contributed by atoms with E-state index in [0.717, 1.165) is 50.9 Å². The van der Waals surface area contributed by atoms with Crippen molar-refractivity contribution in [3.8, 4) is 0 Å². The summed E-state index contributed by atoms with van der Waals surface area (Å²) in [6.07, 6.45) is 3.09. The summed E-state index contributed by atoms with van der Waals surface area (Å²) < 4.78 is 0. The molecule has 0 atom stereocenters. The van der Waals surface area contributed by atoms with Crippen LogP contribution in [0.2, 0.25) is 0 Å². The maximum absolute atomic E-state index is 11.2. The van der Waals surface area contributed by atoms with Crippen LogP contribution in [0.15, 0.2) is 54.6 Å². The normalized spacial score (nSPS) is 17.8. The SMILES string of the molecule is OCCCc1ccccc1C1(O)CCN(Cc2ccccc2)CC1. The molecule has 0 amide bonds. The second kappa shape index (κ2) is 7.93. The first-order valence-electron chi connectivity index (χ1n) is 8.89. The van der Waals surface area contributed by atoms with Gasteiger partial charge in [-0.05, 0) is 42.4 Å². The molecule has 0 saturated carbocycles. The topological polar surface area (TPSA) is 43.7 Å². The van der Waals surface area contributed by atoms with Crippen molar-refractivity contribution in [1.29, 1.82) is 0 Å². The smallest absolute Gasteiger partial charge is 0.0923 e. The number of aliphatic hydroxyl groups is 2. The van der Waals surface area contributed by atoms with Gasteiger partial charge in [0.15, 0.2) is 0 Å². The van der Waals surface area contributed by atoms with Crippen LogP contribution in [0.25, 0.3) is 0 Å². The van der Waals surface area contributed by atoms with Gasteiger partial charge in [0.2, 0.25) is 0 Å². The van der Waals surface area contributed by atoms with E-state index in [2.05, 4.69) is 41.3 Å². The zero-order chi connectivity index (χ0) is 16.8. The molecule has 2 aromatic carbocycles. The maximum Gasteiger partial charge on any atom is 0.0923 e. The Balaban J connectivity index is 1.66. The first kappa shape index (κ1) is 17.2. The van der Waals surface area contributed by atoms with Crippen molar-refractivity contribution >= 4 is 0 Å². The van der Waals surface area contributed by atoms with Gasteiger partial charge in [0.05, 0.1) is 5.60 Å². The largest absolute Gasteiger partial charge is 0.396 e. The maximum atomic E-state index is 11.2. The minimum atomic E-state index is -0.737. The Morgan fingerprint density at radius 2 is 1.58 bits per heavy atom. The zero-order valence-corrected chi connectivity index (χ0v) is 14.2. The summed E-state index contributed by atoms with van der Waals surface area (Å²) in [6.45, 7) is 2.94. The third-order valence-corrected chi connectivity index (χ3v) is 5.06. The van der Waals surface area contributed by atoms with E-state index in [-0.39, 0.29) is 6.61 Å². The van der Waals surface area contributed by atoms with Gasteiger partial charge in [-0.1, -0.05) is 54.6 Å². The Bertz CT molecular complexity index is 633. The van der Waals surface area contributed by atoms with Crippen LogP contribution >= 0.6 is 0 Å². The number of aliphatic hydroxyl groups excluding tert-OH is 1. The Morgan fingerprint density at radius 3 is 2.29 bits per heavy atom. The van der Waals surface area contributed by atoms with Crippen molar-refractivity contribution in [2.45, 2.75) is 37.8 Å². The highest BCUT2D eigenvalue weighted by Gasteiger charge is 2.35. The van der Waals surface area contributed by atoms with Crippen LogP contribution in [-0.4, -0.2) is 34.8 Å². The van der Waals surface area contributed by atoms with Crippen LogP contribution in [0.3, 0.4) is 0 Å². The van der Waals surface area contributed by atoms with E-state index < -0.39 is 5.60 Å². The van der Waals surface area contributed by atoms with Crippen molar-refractivity contribution in [1.82, 2.24) is 4.90 Å². The first-order chi connectivity index (χ1) is 11.7. The molecule has 0 bridgehead atoms. The lowest BCUT2D eigenvalue weighted by molar-refractivity contribution is -0.0284. The molecule has 3 nitrogen and oxygen atoms in total. The molecule has 1 fully saturated rings. The van der Waals surface area contributed by atoms with E-state index in [4.69, 9.17) is 5.11 Å². The Hall–Kier alpha value is -1.68. The molecular formula is C21H27NO2. The van der Waals surface area contributed by atoms with Gasteiger partial charge in [0.25, 0.3) is 0 Å². The predicted molar refractivity (Wildman–Crippen MR) is 96.7 cm³/mol. The Kier molecular flexibility index (Phi) is 5.67. The van der Waals surface area contributed by atoms with Crippen LogP contribution in [0.1, 0.15) is 36.0 Å². The fourth-order valence-electron chi connectivity index (χ4n) is 3.65. The van der Waals surface area contributed by atoms with Gasteiger partial charge in [0, 0.05) is 26.2 Å². The monoisotopic (exact) mass is 325 g/mol. The van der Waals surface area contributed by atoms with E-state index in [1.807, 2.05) is 18.2 Å². The highest BCUT2D eigenvalue weighted by molar-refractivity contribution is 5.33. The third-order valence-electron chi connectivity index (χ3n) is 5.06. The number of likely N-dealkylation sites (tertiary alicyclic amines) is 1. The van der Waals surface area contributed by atoms with E-state index >= 15 is 0 Å². The lowest BCUT2D eigenvalue weighted by Gasteiger charge is -2.39. The fraction of sp³-hybridized carbons (Fsp3) is 0.429. The van der Waals surface area contributed by atoms with Crippen molar-refractivity contribution in [2.75, 3.05) is 19.7 Å². The molecule has 1 heterocycles. The van der Waals surface area contributed by atoms with Gasteiger partial charge in [-0.2, -0.15) is 0 Å². The Labute approximate surface area is 144 Å². The molecule has 0 aliphatic carbocycles. The van der Waals surface area contributed by atoms with Crippen molar-refractivity contribution in [3.05, 3.63) is 71.3 Å². The average Bonchev–Trinajstić information content (AvgIpc) is 2.63. The number of hydrogen-bond acceptors (Lipinski definition) is 3. The van der Waals surface area contributed by atoms with Crippen LogP contribution < -0.4 is 0 Å². The standard InChI is InChI=1S/C21H27NO2/c23-16-6-10-19-9-4-5-11-20(19)21(24)12-14-22(15-13-21)17-18-7-2-1-3-8-18/h1-5,7-9,11,23-24H,6,10,12-17H2. The van der Waals surface area contributed by atoms with Crippen molar-refractivity contribution in [2.24, 2.45) is 0 Å². The van der Waals surface area contributed by atoms with Crippen LogP contribution in [0.4, 0.5) is 0 Å². The van der Waals surface area contributed by atoms with Crippen LogP contribution in [-0.2, 0) is 18.6 Å². The van der Waals surface area contributed by atoms with Gasteiger partial charge in [-0.3, -0.25) is 4.90 Å². The Morgan fingerprint density at radius 1 is 0.917 bits per heavy atom. The quantitative estimate of drug-likeness (QED) is 0.858. The summed E-state index contributed by atoms with van der Waals surface area (Å²) in [6, 6.07) is 18.7. The van der Waals surface area contributed by atoms with Gasteiger partial charge < -0.3 is 10.2 Å². The molecule has 1 saturated heterocycles. The number of nitrogens with zero attached hydrogens (tertiary/aromatic N) is 1. The minimum absolute atomic E-state index is 0.192.